The van der Waals surface area contributed by atoms with Crippen molar-refractivity contribution < 1.29 is 46.7 Å². The fraction of sp³-hybridized carbons (Fsp3) is 0.300. The number of para-hydroxylation sites is 2. The molecule has 0 aliphatic carbocycles. The van der Waals surface area contributed by atoms with Crippen molar-refractivity contribution in [1.29, 1.82) is 0 Å². The molecule has 0 atom stereocenters. The number of carboxylic acids is 2. The molecule has 0 saturated carbocycles. The number of carbonyl (C=O) groups excluding carboxylic acids is 2. The Kier molecular flexibility index (Phi) is 15.7. The number of nitro benzene ring substituents is 2. The third-order valence-electron chi connectivity index (χ3n) is 3.64. The van der Waals surface area contributed by atoms with Crippen molar-refractivity contribution >= 4 is 23.3 Å². The average Bonchev–Trinajstić information content (AvgIpc) is 2.73. The van der Waals surface area contributed by atoms with Crippen LogP contribution < -0.4 is 10.2 Å². The van der Waals surface area contributed by atoms with E-state index in [1.165, 1.54) is 24.3 Å². The molecule has 0 saturated heterocycles. The van der Waals surface area contributed by atoms with E-state index in [0.29, 0.717) is 0 Å². The van der Waals surface area contributed by atoms with Gasteiger partial charge in [0.25, 0.3) is 11.4 Å². The van der Waals surface area contributed by atoms with Crippen molar-refractivity contribution in [2.45, 2.75) is 0 Å². The van der Waals surface area contributed by atoms with Crippen LogP contribution in [0.5, 0.6) is 0 Å². The van der Waals surface area contributed by atoms with Crippen molar-refractivity contribution in [2.75, 3.05) is 41.3 Å². The topological polar surface area (TPSA) is 173 Å². The van der Waals surface area contributed by atoms with Gasteiger partial charge in [0, 0.05) is 25.2 Å². The molecule has 0 unspecified atom stereocenters. The van der Waals surface area contributed by atoms with E-state index in [0.717, 1.165) is 37.4 Å². The molecule has 2 aromatic rings. The van der Waals surface area contributed by atoms with Crippen LogP contribution in [0.15, 0.2) is 48.5 Å². The van der Waals surface area contributed by atoms with Gasteiger partial charge in [0.15, 0.2) is 0 Å². The first-order valence-electron chi connectivity index (χ1n) is 9.07. The van der Waals surface area contributed by atoms with Gasteiger partial charge in [0.1, 0.15) is 0 Å². The van der Waals surface area contributed by atoms with Crippen LogP contribution in [0, 0.1) is 20.2 Å². The molecule has 33 heavy (non-hydrogen) atoms. The minimum absolute atomic E-state index is 0. The van der Waals surface area contributed by atoms with Crippen molar-refractivity contribution in [2.24, 2.45) is 0 Å². The van der Waals surface area contributed by atoms with Gasteiger partial charge in [-0.2, -0.15) is 0 Å². The Morgan fingerprint density at radius 2 is 0.970 bits per heavy atom. The van der Waals surface area contributed by atoms with Gasteiger partial charge < -0.3 is 29.6 Å². The molecule has 2 aromatic carbocycles. The van der Waals surface area contributed by atoms with Gasteiger partial charge in [-0.3, -0.25) is 20.2 Å². The smallest absolute Gasteiger partial charge is 0.545 e. The Morgan fingerprint density at radius 3 is 1.15 bits per heavy atom. The molecule has 0 amide bonds. The number of hydrogen-bond acceptors (Lipinski definition) is 10. The van der Waals surface area contributed by atoms with E-state index in [1.807, 2.05) is 0 Å². The molecule has 1 radical (unpaired) electrons. The number of aromatic carboxylic acids is 2. The van der Waals surface area contributed by atoms with Gasteiger partial charge in [-0.05, 0) is 40.3 Å². The monoisotopic (exact) mass is 511 g/mol. The van der Waals surface area contributed by atoms with Crippen LogP contribution >= 0.6 is 0 Å². The number of carboxylic acid groups (broad SMARTS) is 2. The molecule has 0 heterocycles. The van der Waals surface area contributed by atoms with Crippen LogP contribution in [0.3, 0.4) is 0 Å². The number of rotatable bonds is 7. The average molecular weight is 512 g/mol. The molecular formula is C20H24CuN4O8. The van der Waals surface area contributed by atoms with Gasteiger partial charge in [-0.1, -0.05) is 24.3 Å². The van der Waals surface area contributed by atoms with Crippen LogP contribution in [-0.4, -0.2) is 72.9 Å². The summed E-state index contributed by atoms with van der Waals surface area (Å²) in [6.45, 7) is 2.29. The standard InChI is InChI=1S/2C7H5NO4.C6H16N2.Cu/c2*9-7(10)5-3-1-2-4-6(5)8(11)12;1-7(2)5-6-8(3)4;/h2*1-4H,(H,9,10);5-6H2,1-4H3;/q;;;+2/p-2. The number of benzene rings is 2. The van der Waals surface area contributed by atoms with Crippen molar-refractivity contribution in [1.82, 2.24) is 9.80 Å². The Morgan fingerprint density at radius 1 is 0.697 bits per heavy atom. The summed E-state index contributed by atoms with van der Waals surface area (Å²) >= 11 is 0. The van der Waals surface area contributed by atoms with E-state index < -0.39 is 44.3 Å². The van der Waals surface area contributed by atoms with E-state index in [9.17, 15) is 40.0 Å². The first-order valence-corrected chi connectivity index (χ1v) is 9.07. The Balaban J connectivity index is 0. The molecule has 183 valence electrons. The molecule has 0 aliphatic rings. The fourth-order valence-electron chi connectivity index (χ4n) is 2.01. The largest absolute Gasteiger partial charge is 2.00 e. The third kappa shape index (κ3) is 12.9. The summed E-state index contributed by atoms with van der Waals surface area (Å²) in [5, 5.41) is 41.1. The molecule has 0 aromatic heterocycles. The Bertz CT molecular complexity index is 796. The molecule has 0 aliphatic heterocycles. The maximum Gasteiger partial charge on any atom is 2.00 e. The summed E-state index contributed by atoms with van der Waals surface area (Å²) in [6.07, 6.45) is 0. The molecule has 0 bridgehead atoms. The van der Waals surface area contributed by atoms with Gasteiger partial charge in [-0.25, -0.2) is 0 Å². The van der Waals surface area contributed by atoms with Crippen molar-refractivity contribution in [3.63, 3.8) is 0 Å². The fourth-order valence-corrected chi connectivity index (χ4v) is 2.01. The first kappa shape index (κ1) is 31.8. The Labute approximate surface area is 201 Å². The van der Waals surface area contributed by atoms with Gasteiger partial charge in [0.05, 0.1) is 32.9 Å². The predicted molar refractivity (Wildman–Crippen MR) is 112 cm³/mol. The summed E-state index contributed by atoms with van der Waals surface area (Å²) in [7, 11) is 8.35. The minimum atomic E-state index is -1.54. The molecule has 0 N–H and O–H groups in total. The van der Waals surface area contributed by atoms with E-state index in [1.54, 1.807) is 0 Å². The zero-order chi connectivity index (χ0) is 24.8. The van der Waals surface area contributed by atoms with Crippen LogP contribution in [0.25, 0.3) is 0 Å². The summed E-state index contributed by atoms with van der Waals surface area (Å²) in [5.41, 5.74) is -1.69. The number of likely N-dealkylation sites (N-methyl/N-ethyl adjacent to an activating group) is 2. The van der Waals surface area contributed by atoms with Gasteiger partial charge >= 0.3 is 17.1 Å². The first-order chi connectivity index (χ1) is 14.9. The summed E-state index contributed by atoms with van der Waals surface area (Å²) in [6, 6.07) is 10.1. The van der Waals surface area contributed by atoms with Gasteiger partial charge in [0.2, 0.25) is 0 Å². The number of nitro groups is 2. The van der Waals surface area contributed by atoms with E-state index in [4.69, 9.17) is 0 Å². The van der Waals surface area contributed by atoms with Crippen LogP contribution in [0.4, 0.5) is 11.4 Å². The van der Waals surface area contributed by atoms with Gasteiger partial charge in [-0.15, -0.1) is 0 Å². The Hall–Kier alpha value is -3.38. The normalized spacial score (nSPS) is 9.52. The second-order valence-electron chi connectivity index (χ2n) is 6.73. The molecular weight excluding hydrogens is 488 g/mol. The van der Waals surface area contributed by atoms with Crippen LogP contribution in [-0.2, 0) is 17.1 Å². The third-order valence-corrected chi connectivity index (χ3v) is 3.64. The molecule has 0 fully saturated rings. The number of hydrogen-bond donors (Lipinski definition) is 0. The minimum Gasteiger partial charge on any atom is -0.545 e. The predicted octanol–water partition coefficient (Wildman–Crippen LogP) is 0.0237. The summed E-state index contributed by atoms with van der Waals surface area (Å²) < 4.78 is 0. The molecule has 0 spiro atoms. The van der Waals surface area contributed by atoms with E-state index in [2.05, 4.69) is 38.0 Å². The van der Waals surface area contributed by atoms with E-state index in [-0.39, 0.29) is 17.1 Å². The van der Waals surface area contributed by atoms with E-state index >= 15 is 0 Å². The maximum absolute atomic E-state index is 10.3. The molecule has 12 nitrogen and oxygen atoms in total. The number of nitrogens with zero attached hydrogens (tertiary/aromatic N) is 4. The van der Waals surface area contributed by atoms with Crippen LogP contribution in [0.1, 0.15) is 20.7 Å². The van der Waals surface area contributed by atoms with Crippen molar-refractivity contribution in [3.8, 4) is 0 Å². The quantitative estimate of drug-likeness (QED) is 0.280. The van der Waals surface area contributed by atoms with Crippen molar-refractivity contribution in [3.05, 3.63) is 79.9 Å². The summed E-state index contributed by atoms with van der Waals surface area (Å²) in [4.78, 5) is 43.9. The second kappa shape index (κ2) is 16.3. The SMILES string of the molecule is CN(C)CCN(C)C.O=C([O-])c1ccccc1[N+](=O)[O-].O=C([O-])c1ccccc1[N+](=O)[O-].[Cu+2]. The zero-order valence-electron chi connectivity index (χ0n) is 18.4. The molecule has 2 rings (SSSR count). The summed E-state index contributed by atoms with van der Waals surface area (Å²) in [5.74, 6) is -3.08. The second-order valence-corrected chi connectivity index (χ2v) is 6.73. The number of carbonyl (C=O) groups is 2. The maximum atomic E-state index is 10.3. The zero-order valence-corrected chi connectivity index (χ0v) is 19.3. The molecule has 13 heteroatoms. The van der Waals surface area contributed by atoms with Crippen LogP contribution in [0.2, 0.25) is 0 Å².